The monoisotopic (exact) mass is 252 g/mol. The summed E-state index contributed by atoms with van der Waals surface area (Å²) in [7, 11) is 3.45. The summed E-state index contributed by atoms with van der Waals surface area (Å²) >= 11 is 0. The van der Waals surface area contributed by atoms with Crippen LogP contribution in [0.25, 0.3) is 0 Å². The predicted octanol–water partition coefficient (Wildman–Crippen LogP) is 1.26. The third-order valence-electron chi connectivity index (χ3n) is 2.34. The molecule has 0 radical (unpaired) electrons. The fraction of sp³-hybridized carbons (Fsp3) is 0.462. The molecule has 1 unspecified atom stereocenters. The summed E-state index contributed by atoms with van der Waals surface area (Å²) < 4.78 is 10.3. The molecule has 2 N–H and O–H groups in total. The minimum Gasteiger partial charge on any atom is -0.484 e. The second-order valence-corrected chi connectivity index (χ2v) is 3.99. The van der Waals surface area contributed by atoms with Crippen LogP contribution < -0.4 is 15.4 Å². The molecule has 0 aromatic heterocycles. The number of amides is 1. The van der Waals surface area contributed by atoms with Crippen molar-refractivity contribution >= 4 is 11.6 Å². The predicted molar refractivity (Wildman–Crippen MR) is 71.0 cm³/mol. The molecule has 1 aromatic rings. The second kappa shape index (κ2) is 7.55. The quantitative estimate of drug-likeness (QED) is 0.767. The van der Waals surface area contributed by atoms with Gasteiger partial charge in [0.25, 0.3) is 5.91 Å². The molecular formula is C13H20N2O3. The first-order valence-electron chi connectivity index (χ1n) is 5.84. The van der Waals surface area contributed by atoms with Gasteiger partial charge in [0.05, 0.1) is 6.61 Å². The molecular weight excluding hydrogens is 232 g/mol. The molecule has 0 aliphatic rings. The largest absolute Gasteiger partial charge is 0.484 e. The lowest BCUT2D eigenvalue weighted by Crippen LogP contribution is -2.38. The van der Waals surface area contributed by atoms with E-state index in [2.05, 4.69) is 10.6 Å². The smallest absolute Gasteiger partial charge is 0.258 e. The Morgan fingerprint density at radius 2 is 2.00 bits per heavy atom. The lowest BCUT2D eigenvalue weighted by atomic mass is 10.3. The molecule has 5 nitrogen and oxygen atoms in total. The van der Waals surface area contributed by atoms with Crippen LogP contribution in [-0.2, 0) is 9.53 Å². The van der Waals surface area contributed by atoms with Crippen molar-refractivity contribution in [1.82, 2.24) is 5.32 Å². The Kier molecular flexibility index (Phi) is 6.00. The van der Waals surface area contributed by atoms with E-state index in [-0.39, 0.29) is 18.6 Å². The molecule has 1 amide bonds. The minimum atomic E-state index is -0.155. The van der Waals surface area contributed by atoms with E-state index in [4.69, 9.17) is 9.47 Å². The van der Waals surface area contributed by atoms with Crippen molar-refractivity contribution in [3.63, 3.8) is 0 Å². The van der Waals surface area contributed by atoms with Gasteiger partial charge in [-0.15, -0.1) is 0 Å². The SMILES string of the molecule is CNc1ccc(OCC(=O)NC(C)COC)cc1. The van der Waals surface area contributed by atoms with Crippen LogP contribution in [0.3, 0.4) is 0 Å². The van der Waals surface area contributed by atoms with Crippen LogP contribution in [0.5, 0.6) is 5.75 Å². The third-order valence-corrected chi connectivity index (χ3v) is 2.34. The molecule has 1 aromatic carbocycles. The summed E-state index contributed by atoms with van der Waals surface area (Å²) in [6.07, 6.45) is 0. The Hall–Kier alpha value is -1.75. The molecule has 5 heteroatoms. The second-order valence-electron chi connectivity index (χ2n) is 3.99. The number of nitrogens with one attached hydrogen (secondary N) is 2. The summed E-state index contributed by atoms with van der Waals surface area (Å²) in [6.45, 7) is 2.37. The zero-order chi connectivity index (χ0) is 13.4. The summed E-state index contributed by atoms with van der Waals surface area (Å²) in [6, 6.07) is 7.40. The maximum Gasteiger partial charge on any atom is 0.258 e. The van der Waals surface area contributed by atoms with Gasteiger partial charge in [0.1, 0.15) is 5.75 Å². The van der Waals surface area contributed by atoms with Gasteiger partial charge >= 0.3 is 0 Å². The van der Waals surface area contributed by atoms with Crippen molar-refractivity contribution < 1.29 is 14.3 Å². The van der Waals surface area contributed by atoms with E-state index >= 15 is 0 Å². The van der Waals surface area contributed by atoms with Gasteiger partial charge in [-0.25, -0.2) is 0 Å². The van der Waals surface area contributed by atoms with E-state index in [1.807, 2.05) is 38.2 Å². The highest BCUT2D eigenvalue weighted by molar-refractivity contribution is 5.77. The number of rotatable bonds is 7. The van der Waals surface area contributed by atoms with Gasteiger partial charge in [-0.1, -0.05) is 0 Å². The van der Waals surface area contributed by atoms with Crippen molar-refractivity contribution in [2.24, 2.45) is 0 Å². The van der Waals surface area contributed by atoms with Gasteiger partial charge in [-0.3, -0.25) is 4.79 Å². The van der Waals surface area contributed by atoms with Gasteiger partial charge in [-0.2, -0.15) is 0 Å². The van der Waals surface area contributed by atoms with Crippen molar-refractivity contribution in [2.45, 2.75) is 13.0 Å². The van der Waals surface area contributed by atoms with Gasteiger partial charge in [-0.05, 0) is 31.2 Å². The molecule has 1 rings (SSSR count). The normalized spacial score (nSPS) is 11.7. The van der Waals surface area contributed by atoms with Crippen LogP contribution in [0.2, 0.25) is 0 Å². The zero-order valence-corrected chi connectivity index (χ0v) is 11.0. The van der Waals surface area contributed by atoms with Crippen molar-refractivity contribution in [1.29, 1.82) is 0 Å². The summed E-state index contributed by atoms with van der Waals surface area (Å²) in [5.74, 6) is 0.515. The van der Waals surface area contributed by atoms with Crippen LogP contribution in [0.1, 0.15) is 6.92 Å². The molecule has 18 heavy (non-hydrogen) atoms. The first-order chi connectivity index (χ1) is 8.65. The topological polar surface area (TPSA) is 59.6 Å². The van der Waals surface area contributed by atoms with Gasteiger partial charge in [0.15, 0.2) is 6.61 Å². The Balaban J connectivity index is 2.33. The first kappa shape index (κ1) is 14.3. The Morgan fingerprint density at radius 3 is 2.56 bits per heavy atom. The Labute approximate surface area is 107 Å². The van der Waals surface area contributed by atoms with E-state index in [1.54, 1.807) is 7.11 Å². The summed E-state index contributed by atoms with van der Waals surface area (Å²) in [5.41, 5.74) is 1.00. The maximum absolute atomic E-state index is 11.5. The molecule has 0 saturated carbocycles. The van der Waals surface area contributed by atoms with E-state index in [1.165, 1.54) is 0 Å². The van der Waals surface area contributed by atoms with Crippen LogP contribution in [0.15, 0.2) is 24.3 Å². The number of carbonyl (C=O) groups is 1. The van der Waals surface area contributed by atoms with Gasteiger partial charge in [0.2, 0.25) is 0 Å². The standard InChI is InChI=1S/C13H20N2O3/c1-10(8-17-3)15-13(16)9-18-12-6-4-11(14-2)5-7-12/h4-7,10,14H,8-9H2,1-3H3,(H,15,16). The highest BCUT2D eigenvalue weighted by atomic mass is 16.5. The fourth-order valence-corrected chi connectivity index (χ4v) is 1.47. The van der Waals surface area contributed by atoms with Crippen LogP contribution in [-0.4, -0.2) is 39.3 Å². The summed E-state index contributed by atoms with van der Waals surface area (Å²) in [5, 5.41) is 5.78. The van der Waals surface area contributed by atoms with Crippen LogP contribution in [0.4, 0.5) is 5.69 Å². The van der Waals surface area contributed by atoms with E-state index in [0.717, 1.165) is 5.69 Å². The highest BCUT2D eigenvalue weighted by Gasteiger charge is 2.07. The highest BCUT2D eigenvalue weighted by Crippen LogP contribution is 2.14. The van der Waals surface area contributed by atoms with E-state index < -0.39 is 0 Å². The number of anilines is 1. The zero-order valence-electron chi connectivity index (χ0n) is 11.0. The van der Waals surface area contributed by atoms with Crippen molar-refractivity contribution in [3.8, 4) is 5.75 Å². The number of ether oxygens (including phenoxy) is 2. The van der Waals surface area contributed by atoms with Gasteiger partial charge < -0.3 is 20.1 Å². The number of carbonyl (C=O) groups excluding carboxylic acids is 1. The van der Waals surface area contributed by atoms with Crippen LogP contribution in [0, 0.1) is 0 Å². The molecule has 0 fully saturated rings. The first-order valence-corrected chi connectivity index (χ1v) is 5.84. The molecule has 0 aliphatic carbocycles. The number of hydrogen-bond acceptors (Lipinski definition) is 4. The molecule has 0 bridgehead atoms. The number of methoxy groups -OCH3 is 1. The Bertz CT molecular complexity index is 365. The third kappa shape index (κ3) is 5.05. The van der Waals surface area contributed by atoms with Crippen LogP contribution >= 0.6 is 0 Å². The van der Waals surface area contributed by atoms with E-state index in [0.29, 0.717) is 12.4 Å². The van der Waals surface area contributed by atoms with Crippen molar-refractivity contribution in [2.75, 3.05) is 32.7 Å². The fourth-order valence-electron chi connectivity index (χ4n) is 1.47. The molecule has 0 aliphatic heterocycles. The molecule has 100 valence electrons. The van der Waals surface area contributed by atoms with E-state index in [9.17, 15) is 4.79 Å². The molecule has 0 spiro atoms. The average molecular weight is 252 g/mol. The molecule has 1 atom stereocenters. The Morgan fingerprint density at radius 1 is 1.33 bits per heavy atom. The number of hydrogen-bond donors (Lipinski definition) is 2. The lowest BCUT2D eigenvalue weighted by Gasteiger charge is -2.13. The minimum absolute atomic E-state index is 0.00690. The molecule has 0 saturated heterocycles. The van der Waals surface area contributed by atoms with Gasteiger partial charge in [0, 0.05) is 25.9 Å². The average Bonchev–Trinajstić information content (AvgIpc) is 2.37. The van der Waals surface area contributed by atoms with Crippen molar-refractivity contribution in [3.05, 3.63) is 24.3 Å². The molecule has 0 heterocycles. The maximum atomic E-state index is 11.5. The lowest BCUT2D eigenvalue weighted by molar-refractivity contribution is -0.124. The number of benzene rings is 1. The summed E-state index contributed by atoms with van der Waals surface area (Å²) in [4.78, 5) is 11.5.